The van der Waals surface area contributed by atoms with Crippen LogP contribution < -0.4 is 0 Å². The van der Waals surface area contributed by atoms with Crippen LogP contribution in [0.4, 0.5) is 0 Å². The van der Waals surface area contributed by atoms with Gasteiger partial charge in [-0.15, -0.1) is 11.8 Å². The van der Waals surface area contributed by atoms with Crippen molar-refractivity contribution < 1.29 is 9.84 Å². The molecule has 0 bridgehead atoms. The van der Waals surface area contributed by atoms with Gasteiger partial charge in [-0.3, -0.25) is 0 Å². The van der Waals surface area contributed by atoms with Crippen molar-refractivity contribution in [1.29, 1.82) is 0 Å². The van der Waals surface area contributed by atoms with E-state index in [1.807, 2.05) is 45.0 Å². The molecule has 0 saturated carbocycles. The number of hydrogen-bond acceptors (Lipinski definition) is 3. The van der Waals surface area contributed by atoms with Crippen LogP contribution in [0.1, 0.15) is 27.2 Å². The molecule has 102 valence electrons. The van der Waals surface area contributed by atoms with Crippen molar-refractivity contribution in [3.05, 3.63) is 29.3 Å². The molecule has 0 heterocycles. The quantitative estimate of drug-likeness (QED) is 0.769. The first-order valence-electron chi connectivity index (χ1n) is 6.22. The highest BCUT2D eigenvalue weighted by Crippen LogP contribution is 2.27. The zero-order valence-corrected chi connectivity index (χ0v) is 12.7. The fourth-order valence-electron chi connectivity index (χ4n) is 1.67. The fourth-order valence-corrected chi connectivity index (χ4v) is 3.01. The number of aliphatic hydroxyl groups excluding tert-OH is 1. The molecule has 0 fully saturated rings. The first kappa shape index (κ1) is 15.8. The highest BCUT2D eigenvalue weighted by molar-refractivity contribution is 7.99. The lowest BCUT2D eigenvalue weighted by molar-refractivity contribution is -0.101. The molecule has 0 aliphatic rings. The van der Waals surface area contributed by atoms with Gasteiger partial charge in [-0.1, -0.05) is 24.6 Å². The number of aliphatic hydroxyl groups is 1. The van der Waals surface area contributed by atoms with Crippen LogP contribution in [0.15, 0.2) is 29.2 Å². The molecular formula is C14H21ClO2S. The molecule has 0 saturated heterocycles. The fraction of sp³-hybridized carbons (Fsp3) is 0.571. The lowest BCUT2D eigenvalue weighted by Gasteiger charge is -2.33. The Morgan fingerprint density at radius 1 is 1.44 bits per heavy atom. The van der Waals surface area contributed by atoms with Crippen LogP contribution in [-0.4, -0.2) is 29.2 Å². The average molecular weight is 289 g/mol. The molecule has 18 heavy (non-hydrogen) atoms. The summed E-state index contributed by atoms with van der Waals surface area (Å²) >= 11 is 7.52. The van der Waals surface area contributed by atoms with Gasteiger partial charge < -0.3 is 9.84 Å². The van der Waals surface area contributed by atoms with Gasteiger partial charge in [0, 0.05) is 22.3 Å². The number of benzene rings is 1. The molecule has 0 amide bonds. The van der Waals surface area contributed by atoms with E-state index in [2.05, 4.69) is 0 Å². The van der Waals surface area contributed by atoms with E-state index in [-0.39, 0.29) is 0 Å². The largest absolute Gasteiger partial charge is 0.389 e. The lowest BCUT2D eigenvalue weighted by Crippen LogP contribution is -2.43. The molecule has 2 nitrogen and oxygen atoms in total. The molecular weight excluding hydrogens is 268 g/mol. The van der Waals surface area contributed by atoms with Crippen LogP contribution in [0.25, 0.3) is 0 Å². The highest BCUT2D eigenvalue weighted by Gasteiger charge is 2.31. The SMILES string of the molecule is CCOC(C)(CC)C(O)CSc1cccc(Cl)c1. The summed E-state index contributed by atoms with van der Waals surface area (Å²) in [7, 11) is 0. The van der Waals surface area contributed by atoms with Crippen LogP contribution in [0.5, 0.6) is 0 Å². The predicted molar refractivity (Wildman–Crippen MR) is 78.5 cm³/mol. The van der Waals surface area contributed by atoms with E-state index >= 15 is 0 Å². The van der Waals surface area contributed by atoms with E-state index in [1.165, 1.54) is 0 Å². The van der Waals surface area contributed by atoms with Crippen LogP contribution in [0.3, 0.4) is 0 Å². The van der Waals surface area contributed by atoms with Crippen molar-refractivity contribution in [1.82, 2.24) is 0 Å². The van der Waals surface area contributed by atoms with E-state index in [0.717, 1.165) is 16.3 Å². The second-order valence-electron chi connectivity index (χ2n) is 4.38. The molecule has 0 aromatic heterocycles. The Morgan fingerprint density at radius 2 is 2.17 bits per heavy atom. The van der Waals surface area contributed by atoms with E-state index in [4.69, 9.17) is 16.3 Å². The van der Waals surface area contributed by atoms with Crippen molar-refractivity contribution in [3.63, 3.8) is 0 Å². The summed E-state index contributed by atoms with van der Waals surface area (Å²) in [6, 6.07) is 7.66. The minimum Gasteiger partial charge on any atom is -0.389 e. The number of thioether (sulfide) groups is 1. The second kappa shape index (κ2) is 7.39. The topological polar surface area (TPSA) is 29.5 Å². The molecule has 1 N–H and O–H groups in total. The van der Waals surface area contributed by atoms with Crippen molar-refractivity contribution in [2.75, 3.05) is 12.4 Å². The van der Waals surface area contributed by atoms with Gasteiger partial charge in [-0.05, 0) is 38.5 Å². The molecule has 1 rings (SSSR count). The summed E-state index contributed by atoms with van der Waals surface area (Å²) in [6.07, 6.45) is 0.296. The molecule has 1 aromatic carbocycles. The molecule has 0 radical (unpaired) electrons. The second-order valence-corrected chi connectivity index (χ2v) is 5.91. The Hall–Kier alpha value is -0.220. The first-order chi connectivity index (χ1) is 8.51. The van der Waals surface area contributed by atoms with Gasteiger partial charge in [0.05, 0.1) is 11.7 Å². The molecule has 0 aliphatic carbocycles. The number of halogens is 1. The smallest absolute Gasteiger partial charge is 0.0920 e. The third-order valence-electron chi connectivity index (χ3n) is 3.08. The van der Waals surface area contributed by atoms with Crippen LogP contribution in [0, 0.1) is 0 Å². The third kappa shape index (κ3) is 4.47. The van der Waals surface area contributed by atoms with Crippen molar-refractivity contribution in [2.24, 2.45) is 0 Å². The Bertz CT molecular complexity index is 373. The van der Waals surface area contributed by atoms with Crippen LogP contribution >= 0.6 is 23.4 Å². The summed E-state index contributed by atoms with van der Waals surface area (Å²) < 4.78 is 5.66. The van der Waals surface area contributed by atoms with Crippen molar-refractivity contribution >= 4 is 23.4 Å². The maximum atomic E-state index is 10.3. The molecule has 2 unspecified atom stereocenters. The van der Waals surface area contributed by atoms with Gasteiger partial charge in [0.15, 0.2) is 0 Å². The molecule has 0 aliphatic heterocycles. The van der Waals surface area contributed by atoms with Gasteiger partial charge in [0.1, 0.15) is 0 Å². The van der Waals surface area contributed by atoms with E-state index in [0.29, 0.717) is 12.4 Å². The van der Waals surface area contributed by atoms with Gasteiger partial charge in [-0.2, -0.15) is 0 Å². The Kier molecular flexibility index (Phi) is 6.50. The third-order valence-corrected chi connectivity index (χ3v) is 4.39. The van der Waals surface area contributed by atoms with E-state index < -0.39 is 11.7 Å². The normalized spacial score (nSPS) is 16.3. The molecule has 4 heteroatoms. The van der Waals surface area contributed by atoms with Crippen molar-refractivity contribution in [2.45, 2.75) is 43.8 Å². The number of ether oxygens (including phenoxy) is 1. The van der Waals surface area contributed by atoms with Gasteiger partial charge in [0.2, 0.25) is 0 Å². The lowest BCUT2D eigenvalue weighted by atomic mass is 9.97. The summed E-state index contributed by atoms with van der Waals surface area (Å²) in [5.41, 5.74) is -0.472. The summed E-state index contributed by atoms with van der Waals surface area (Å²) in [5, 5.41) is 11.0. The summed E-state index contributed by atoms with van der Waals surface area (Å²) in [6.45, 7) is 6.55. The predicted octanol–water partition coefficient (Wildman–Crippen LogP) is 4.00. The van der Waals surface area contributed by atoms with E-state index in [9.17, 15) is 5.11 Å². The minimum absolute atomic E-state index is 0.472. The average Bonchev–Trinajstić information content (AvgIpc) is 2.36. The van der Waals surface area contributed by atoms with E-state index in [1.54, 1.807) is 11.8 Å². The Balaban J connectivity index is 2.56. The maximum Gasteiger partial charge on any atom is 0.0920 e. The maximum absolute atomic E-state index is 10.3. The van der Waals surface area contributed by atoms with Gasteiger partial charge in [-0.25, -0.2) is 0 Å². The first-order valence-corrected chi connectivity index (χ1v) is 7.58. The molecule has 0 spiro atoms. The monoisotopic (exact) mass is 288 g/mol. The Morgan fingerprint density at radius 3 is 2.72 bits per heavy atom. The number of rotatable bonds is 7. The zero-order chi connectivity index (χ0) is 13.6. The zero-order valence-electron chi connectivity index (χ0n) is 11.1. The number of hydrogen-bond donors (Lipinski definition) is 1. The Labute approximate surface area is 119 Å². The minimum atomic E-state index is -0.494. The standard InChI is InChI=1S/C14H21ClO2S/c1-4-14(3,17-5-2)13(16)10-18-12-8-6-7-11(15)9-12/h6-9,13,16H,4-5,10H2,1-3H3. The highest BCUT2D eigenvalue weighted by atomic mass is 35.5. The van der Waals surface area contributed by atoms with Crippen molar-refractivity contribution in [3.8, 4) is 0 Å². The summed E-state index contributed by atoms with van der Waals surface area (Å²) in [4.78, 5) is 1.07. The van der Waals surface area contributed by atoms with Gasteiger partial charge in [0.25, 0.3) is 0 Å². The molecule has 2 atom stereocenters. The van der Waals surface area contributed by atoms with Crippen LogP contribution in [-0.2, 0) is 4.74 Å². The van der Waals surface area contributed by atoms with Gasteiger partial charge >= 0.3 is 0 Å². The molecule has 1 aromatic rings. The van der Waals surface area contributed by atoms with Crippen LogP contribution in [0.2, 0.25) is 5.02 Å². The summed E-state index contributed by atoms with van der Waals surface area (Å²) in [5.74, 6) is 0.602.